The third kappa shape index (κ3) is 2.96. The number of benzene rings is 4. The lowest BCUT2D eigenvalue weighted by molar-refractivity contribution is 0.426. The van der Waals surface area contributed by atoms with Gasteiger partial charge < -0.3 is 4.65 Å². The summed E-state index contributed by atoms with van der Waals surface area (Å²) >= 11 is 0. The summed E-state index contributed by atoms with van der Waals surface area (Å²) in [7, 11) is -2.87. The van der Waals surface area contributed by atoms with Crippen LogP contribution in [0, 0.1) is 0 Å². The Morgan fingerprint density at radius 1 is 0.656 bits per heavy atom. The van der Waals surface area contributed by atoms with E-state index in [4.69, 9.17) is 0 Å². The molecule has 0 fully saturated rings. The van der Waals surface area contributed by atoms with E-state index in [9.17, 15) is 8.63 Å². The summed E-state index contributed by atoms with van der Waals surface area (Å²) in [5, 5.41) is 0. The average Bonchev–Trinajstić information content (AvgIpc) is 2.82. The van der Waals surface area contributed by atoms with Crippen LogP contribution in [0.25, 0.3) is 0 Å². The summed E-state index contributed by atoms with van der Waals surface area (Å²) in [5.74, 6) is 0.513. The van der Waals surface area contributed by atoms with Crippen LogP contribution >= 0.6 is 0 Å². The Morgan fingerprint density at radius 3 is 1.81 bits per heavy atom. The molecule has 5 heteroatoms. The van der Waals surface area contributed by atoms with Crippen molar-refractivity contribution in [1.82, 2.24) is 0 Å². The molecule has 0 atom stereocenters. The van der Waals surface area contributed by atoms with E-state index in [1.165, 1.54) is 39.4 Å². The molecule has 4 aromatic rings. The molecule has 154 valence electrons. The number of aliphatic imine (C=N–C) groups is 1. The quantitative estimate of drug-likeness (QED) is 0.229. The Kier molecular flexibility index (Phi) is 4.42. The maximum atomic E-state index is 12.7. The smallest absolute Gasteiger partial charge is 0.505 e. The summed E-state index contributed by atoms with van der Waals surface area (Å²) in [6.07, 6.45) is 1.59. The van der Waals surface area contributed by atoms with Gasteiger partial charge in [-0.1, -0.05) is 66.7 Å². The molecule has 0 spiro atoms. The molecule has 0 radical (unpaired) electrons. The van der Waals surface area contributed by atoms with Crippen LogP contribution in [-0.4, -0.2) is 13.7 Å². The topological polar surface area (TPSA) is 21.6 Å². The summed E-state index contributed by atoms with van der Waals surface area (Å²) in [6.45, 7) is 0. The summed E-state index contributed by atoms with van der Waals surface area (Å²) in [5.41, 5.74) is 9.32. The first-order valence-electron chi connectivity index (χ1n) is 10.6. The van der Waals surface area contributed by atoms with Crippen LogP contribution in [0.3, 0.4) is 0 Å². The summed E-state index contributed by atoms with van der Waals surface area (Å²) in [6, 6.07) is 30.3. The van der Waals surface area contributed by atoms with Crippen LogP contribution in [0.2, 0.25) is 0 Å². The van der Waals surface area contributed by atoms with E-state index in [0.717, 1.165) is 5.69 Å². The minimum absolute atomic E-state index is 0.117. The monoisotopic (exact) mass is 421 g/mol. The number of halogens is 2. The van der Waals surface area contributed by atoms with Gasteiger partial charge in [-0.05, 0) is 57.6 Å². The lowest BCUT2D eigenvalue weighted by Crippen LogP contribution is -2.27. The van der Waals surface area contributed by atoms with Crippen molar-refractivity contribution in [3.05, 3.63) is 130 Å². The molecule has 4 aromatic carbocycles. The van der Waals surface area contributed by atoms with Gasteiger partial charge in [0.15, 0.2) is 0 Å². The third-order valence-corrected chi connectivity index (χ3v) is 6.42. The highest BCUT2D eigenvalue weighted by Crippen LogP contribution is 2.55. The highest BCUT2D eigenvalue weighted by molar-refractivity contribution is 6.35. The number of hydrogen-bond donors (Lipinski definition) is 0. The van der Waals surface area contributed by atoms with Gasteiger partial charge in [-0.25, -0.2) is 8.63 Å². The van der Waals surface area contributed by atoms with Gasteiger partial charge in [0.05, 0.1) is 5.69 Å². The molecule has 0 aromatic heterocycles. The largest absolute Gasteiger partial charge is 0.796 e. The van der Waals surface area contributed by atoms with E-state index in [1.54, 1.807) is 24.4 Å². The fourth-order valence-corrected chi connectivity index (χ4v) is 5.17. The van der Waals surface area contributed by atoms with Gasteiger partial charge in [0.25, 0.3) is 0 Å². The Bertz CT molecular complexity index is 1320. The Labute approximate surface area is 185 Å². The van der Waals surface area contributed by atoms with Crippen LogP contribution in [-0.2, 0) is 0 Å². The van der Waals surface area contributed by atoms with Crippen LogP contribution in [0.1, 0.15) is 50.8 Å². The minimum atomic E-state index is -2.87. The number of rotatable bonds is 4. The van der Waals surface area contributed by atoms with Crippen LogP contribution in [0.5, 0.6) is 5.75 Å². The van der Waals surface area contributed by atoms with Crippen molar-refractivity contribution in [1.29, 1.82) is 0 Å². The van der Waals surface area contributed by atoms with E-state index < -0.39 is 7.47 Å². The SMILES string of the molecule is FB(F)Oc1ccccc1C=Nc1ccc2c(c1)C1c3ccccc3C2c2ccccc21. The number of hydrogen-bond acceptors (Lipinski definition) is 2. The van der Waals surface area contributed by atoms with Crippen molar-refractivity contribution in [2.45, 2.75) is 11.8 Å². The minimum Gasteiger partial charge on any atom is -0.505 e. The second-order valence-electron chi connectivity index (χ2n) is 8.11. The first-order chi connectivity index (χ1) is 15.7. The number of nitrogens with zero attached hydrogens (tertiary/aromatic N) is 1. The number of para-hydroxylation sites is 1. The molecule has 0 heterocycles. The molecule has 0 unspecified atom stereocenters. The van der Waals surface area contributed by atoms with Crippen molar-refractivity contribution < 1.29 is 13.3 Å². The van der Waals surface area contributed by atoms with Crippen LogP contribution < -0.4 is 4.65 Å². The van der Waals surface area contributed by atoms with Gasteiger partial charge in [0, 0.05) is 23.6 Å². The summed E-state index contributed by atoms with van der Waals surface area (Å²) in [4.78, 5) is 4.60. The first kappa shape index (κ1) is 19.0. The highest BCUT2D eigenvalue weighted by Gasteiger charge is 2.40. The van der Waals surface area contributed by atoms with Gasteiger partial charge >= 0.3 is 7.47 Å². The fourth-order valence-electron chi connectivity index (χ4n) is 5.17. The standard InChI is InChI=1S/C27H18BF2NO/c29-28(30)32-25-12-6-1-7-17(25)16-31-18-13-14-23-24(15-18)27-21-10-4-2-8-19(21)26(23)20-9-3-5-11-22(20)27/h1-16,26-27H. The van der Waals surface area contributed by atoms with Gasteiger partial charge in [-0.15, -0.1) is 0 Å². The average molecular weight is 421 g/mol. The second-order valence-corrected chi connectivity index (χ2v) is 8.11. The van der Waals surface area contributed by atoms with Crippen molar-refractivity contribution in [3.63, 3.8) is 0 Å². The van der Waals surface area contributed by atoms with Crippen molar-refractivity contribution in [3.8, 4) is 5.75 Å². The normalized spacial score (nSPS) is 17.6. The molecular formula is C27H18BF2NO. The highest BCUT2D eigenvalue weighted by atomic mass is 19.2. The maximum Gasteiger partial charge on any atom is 0.796 e. The Balaban J connectivity index is 1.42. The van der Waals surface area contributed by atoms with Gasteiger partial charge in [-0.2, -0.15) is 0 Å². The van der Waals surface area contributed by atoms with Crippen molar-refractivity contribution in [2.24, 2.45) is 4.99 Å². The summed E-state index contributed by atoms with van der Waals surface area (Å²) < 4.78 is 30.0. The third-order valence-electron chi connectivity index (χ3n) is 6.42. The molecule has 0 saturated carbocycles. The van der Waals surface area contributed by atoms with E-state index in [2.05, 4.69) is 70.3 Å². The van der Waals surface area contributed by atoms with E-state index >= 15 is 0 Å². The molecule has 2 bridgehead atoms. The lowest BCUT2D eigenvalue weighted by atomic mass is 9.61. The molecule has 32 heavy (non-hydrogen) atoms. The zero-order valence-electron chi connectivity index (χ0n) is 17.1. The molecular weight excluding hydrogens is 403 g/mol. The molecule has 7 rings (SSSR count). The molecule has 0 aliphatic heterocycles. The van der Waals surface area contributed by atoms with Crippen LogP contribution in [0.4, 0.5) is 14.3 Å². The first-order valence-corrected chi connectivity index (χ1v) is 10.6. The van der Waals surface area contributed by atoms with Crippen molar-refractivity contribution >= 4 is 19.4 Å². The van der Waals surface area contributed by atoms with Crippen molar-refractivity contribution in [2.75, 3.05) is 0 Å². The van der Waals surface area contributed by atoms with Gasteiger partial charge in [-0.3, -0.25) is 4.99 Å². The zero-order chi connectivity index (χ0) is 21.7. The second kappa shape index (κ2) is 7.45. The van der Waals surface area contributed by atoms with E-state index in [0.29, 0.717) is 5.56 Å². The zero-order valence-corrected chi connectivity index (χ0v) is 17.1. The Morgan fingerprint density at radius 2 is 1.19 bits per heavy atom. The molecule has 0 amide bonds. The molecule has 3 aliphatic carbocycles. The van der Waals surface area contributed by atoms with Crippen LogP contribution in [0.15, 0.2) is 96.0 Å². The predicted molar refractivity (Wildman–Crippen MR) is 124 cm³/mol. The molecule has 0 saturated heterocycles. The predicted octanol–water partition coefficient (Wildman–Crippen LogP) is 6.73. The maximum absolute atomic E-state index is 12.7. The molecule has 2 nitrogen and oxygen atoms in total. The Hall–Kier alpha value is -3.73. The van der Waals surface area contributed by atoms with E-state index in [-0.39, 0.29) is 17.6 Å². The van der Waals surface area contributed by atoms with Gasteiger partial charge in [0.2, 0.25) is 0 Å². The molecule has 0 N–H and O–H groups in total. The van der Waals surface area contributed by atoms with E-state index in [1.807, 2.05) is 6.07 Å². The lowest BCUT2D eigenvalue weighted by Gasteiger charge is -2.42. The molecule has 3 aliphatic rings. The fraction of sp³-hybridized carbons (Fsp3) is 0.0741. The van der Waals surface area contributed by atoms with Gasteiger partial charge in [0.1, 0.15) is 5.75 Å².